The molecule has 0 fully saturated rings. The number of nitrogens with one attached hydrogen (secondary N) is 2. The van der Waals surface area contributed by atoms with E-state index in [0.29, 0.717) is 18.3 Å². The van der Waals surface area contributed by atoms with Gasteiger partial charge in [0.15, 0.2) is 5.65 Å². The highest BCUT2D eigenvalue weighted by Gasteiger charge is 2.15. The second-order valence-corrected chi connectivity index (χ2v) is 5.82. The van der Waals surface area contributed by atoms with Gasteiger partial charge in [0.25, 0.3) is 0 Å². The molecule has 0 bridgehead atoms. The zero-order valence-corrected chi connectivity index (χ0v) is 14.5. The fourth-order valence-corrected chi connectivity index (χ4v) is 2.48. The van der Waals surface area contributed by atoms with Gasteiger partial charge in [-0.2, -0.15) is 15.1 Å². The van der Waals surface area contributed by atoms with Crippen molar-refractivity contribution in [3.63, 3.8) is 0 Å². The summed E-state index contributed by atoms with van der Waals surface area (Å²) < 4.78 is 7.11. The number of aliphatic hydroxyl groups excluding tert-OH is 1. The molecule has 3 N–H and O–H groups in total. The molecular formula is C17H22N6O2. The maximum atomic E-state index is 9.04. The molecular weight excluding hydrogens is 320 g/mol. The quantitative estimate of drug-likeness (QED) is 0.607. The van der Waals surface area contributed by atoms with Gasteiger partial charge in [0.1, 0.15) is 11.6 Å². The molecule has 2 aromatic heterocycles. The topological polar surface area (TPSA) is 97.1 Å². The van der Waals surface area contributed by atoms with E-state index in [1.807, 2.05) is 42.8 Å². The van der Waals surface area contributed by atoms with E-state index in [0.717, 1.165) is 22.5 Å². The Labute approximate surface area is 145 Å². The molecule has 0 unspecified atom stereocenters. The predicted octanol–water partition coefficient (Wildman–Crippen LogP) is 2.56. The highest BCUT2D eigenvalue weighted by atomic mass is 16.5. The van der Waals surface area contributed by atoms with Gasteiger partial charge in [-0.3, -0.25) is 0 Å². The molecule has 0 spiro atoms. The van der Waals surface area contributed by atoms with Gasteiger partial charge in [0.05, 0.1) is 25.3 Å². The van der Waals surface area contributed by atoms with Crippen LogP contribution >= 0.6 is 0 Å². The monoisotopic (exact) mass is 342 g/mol. The summed E-state index contributed by atoms with van der Waals surface area (Å²) in [7, 11) is 1.63. The number of methoxy groups -OCH3 is 1. The van der Waals surface area contributed by atoms with E-state index in [1.54, 1.807) is 13.3 Å². The summed E-state index contributed by atoms with van der Waals surface area (Å²) in [5.74, 6) is 1.84. The third kappa shape index (κ3) is 3.63. The Hall–Kier alpha value is -2.87. The van der Waals surface area contributed by atoms with Crippen molar-refractivity contribution < 1.29 is 9.84 Å². The van der Waals surface area contributed by atoms with Crippen LogP contribution in [0.3, 0.4) is 0 Å². The Morgan fingerprint density at radius 3 is 2.84 bits per heavy atom. The maximum Gasteiger partial charge on any atom is 0.226 e. The number of rotatable bonds is 7. The lowest BCUT2D eigenvalue weighted by molar-refractivity contribution is 0.311. The van der Waals surface area contributed by atoms with Crippen molar-refractivity contribution in [1.29, 1.82) is 0 Å². The average Bonchev–Trinajstić information content (AvgIpc) is 3.04. The molecule has 1 aromatic carbocycles. The molecule has 8 nitrogen and oxygen atoms in total. The number of nitrogens with zero attached hydrogens (tertiary/aromatic N) is 4. The molecule has 8 heteroatoms. The van der Waals surface area contributed by atoms with Crippen molar-refractivity contribution in [3.05, 3.63) is 30.5 Å². The van der Waals surface area contributed by atoms with E-state index in [9.17, 15) is 0 Å². The van der Waals surface area contributed by atoms with Crippen LogP contribution in [0.5, 0.6) is 5.75 Å². The molecule has 0 saturated carbocycles. The number of anilines is 3. The van der Waals surface area contributed by atoms with Gasteiger partial charge in [-0.15, -0.1) is 0 Å². The summed E-state index contributed by atoms with van der Waals surface area (Å²) in [4.78, 5) is 9.06. The van der Waals surface area contributed by atoms with Crippen LogP contribution in [0.1, 0.15) is 19.9 Å². The standard InChI is InChI=1S/C17H22N6O2/c1-11(2)23-16-14(10-19-23)15(21-17(22-16)18-7-8-24)20-12-5-4-6-13(9-12)25-3/h4-6,9-11,24H,7-8H2,1-3H3,(H2,18,20,21,22). The fraction of sp³-hybridized carbons (Fsp3) is 0.353. The Morgan fingerprint density at radius 2 is 2.12 bits per heavy atom. The first kappa shape index (κ1) is 17.0. The van der Waals surface area contributed by atoms with Gasteiger partial charge >= 0.3 is 0 Å². The predicted molar refractivity (Wildman–Crippen MR) is 97.6 cm³/mol. The van der Waals surface area contributed by atoms with Crippen molar-refractivity contribution in [2.24, 2.45) is 0 Å². The summed E-state index contributed by atoms with van der Waals surface area (Å²) in [6, 6.07) is 7.78. The number of aromatic nitrogens is 4. The van der Waals surface area contributed by atoms with E-state index in [-0.39, 0.29) is 12.6 Å². The molecule has 0 aliphatic rings. The van der Waals surface area contributed by atoms with Gasteiger partial charge in [-0.05, 0) is 26.0 Å². The number of benzene rings is 1. The van der Waals surface area contributed by atoms with Crippen molar-refractivity contribution >= 4 is 28.5 Å². The van der Waals surface area contributed by atoms with E-state index in [4.69, 9.17) is 9.84 Å². The fourth-order valence-electron chi connectivity index (χ4n) is 2.48. The second-order valence-electron chi connectivity index (χ2n) is 5.82. The minimum Gasteiger partial charge on any atom is -0.497 e. The smallest absolute Gasteiger partial charge is 0.226 e. The van der Waals surface area contributed by atoms with Crippen LogP contribution in [0.25, 0.3) is 11.0 Å². The SMILES string of the molecule is COc1cccc(Nc2nc(NCCO)nc3c2cnn3C(C)C)c1. The number of aliphatic hydroxyl groups is 1. The minimum absolute atomic E-state index is 0.00346. The van der Waals surface area contributed by atoms with Crippen molar-refractivity contribution in [2.45, 2.75) is 19.9 Å². The van der Waals surface area contributed by atoms with E-state index in [2.05, 4.69) is 25.7 Å². The van der Waals surface area contributed by atoms with E-state index >= 15 is 0 Å². The molecule has 0 aliphatic carbocycles. The Bertz CT molecular complexity index is 861. The van der Waals surface area contributed by atoms with Crippen LogP contribution in [0, 0.1) is 0 Å². The summed E-state index contributed by atoms with van der Waals surface area (Å²) in [5, 5.41) is 20.6. The number of fused-ring (bicyclic) bond motifs is 1. The zero-order chi connectivity index (χ0) is 17.8. The zero-order valence-electron chi connectivity index (χ0n) is 14.5. The summed E-state index contributed by atoms with van der Waals surface area (Å²) in [6.07, 6.45) is 1.76. The first-order valence-corrected chi connectivity index (χ1v) is 8.13. The molecule has 3 aromatic rings. The maximum absolute atomic E-state index is 9.04. The van der Waals surface area contributed by atoms with Gasteiger partial charge in [-0.1, -0.05) is 6.07 Å². The van der Waals surface area contributed by atoms with Crippen molar-refractivity contribution in [3.8, 4) is 5.75 Å². The van der Waals surface area contributed by atoms with Crippen LogP contribution in [-0.4, -0.2) is 45.1 Å². The van der Waals surface area contributed by atoms with Crippen LogP contribution in [0.15, 0.2) is 30.5 Å². The summed E-state index contributed by atoms with van der Waals surface area (Å²) >= 11 is 0. The van der Waals surface area contributed by atoms with Gasteiger partial charge in [0, 0.05) is 24.3 Å². The Balaban J connectivity index is 2.05. The van der Waals surface area contributed by atoms with E-state index in [1.165, 1.54) is 0 Å². The van der Waals surface area contributed by atoms with Crippen molar-refractivity contribution in [2.75, 3.05) is 30.9 Å². The first-order chi connectivity index (χ1) is 12.1. The average molecular weight is 342 g/mol. The largest absolute Gasteiger partial charge is 0.497 e. The van der Waals surface area contributed by atoms with Crippen LogP contribution in [0.4, 0.5) is 17.5 Å². The Kier molecular flexibility index (Phi) is 4.99. The van der Waals surface area contributed by atoms with Crippen LogP contribution < -0.4 is 15.4 Å². The summed E-state index contributed by atoms with van der Waals surface area (Å²) in [5.41, 5.74) is 1.58. The van der Waals surface area contributed by atoms with Gasteiger partial charge in [0.2, 0.25) is 5.95 Å². The number of ether oxygens (including phenoxy) is 1. The highest BCUT2D eigenvalue weighted by Crippen LogP contribution is 2.28. The van der Waals surface area contributed by atoms with Crippen molar-refractivity contribution in [1.82, 2.24) is 19.7 Å². The molecule has 25 heavy (non-hydrogen) atoms. The minimum atomic E-state index is 0.00346. The lowest BCUT2D eigenvalue weighted by Crippen LogP contribution is -2.11. The lowest BCUT2D eigenvalue weighted by Gasteiger charge is -2.12. The molecule has 0 saturated heterocycles. The molecule has 3 rings (SSSR count). The molecule has 0 radical (unpaired) electrons. The van der Waals surface area contributed by atoms with Crippen LogP contribution in [0.2, 0.25) is 0 Å². The number of hydrogen-bond donors (Lipinski definition) is 3. The number of hydrogen-bond acceptors (Lipinski definition) is 7. The Morgan fingerprint density at radius 1 is 1.28 bits per heavy atom. The lowest BCUT2D eigenvalue weighted by atomic mass is 10.3. The van der Waals surface area contributed by atoms with Gasteiger partial charge in [-0.25, -0.2) is 4.68 Å². The molecule has 0 aliphatic heterocycles. The third-order valence-electron chi connectivity index (χ3n) is 3.67. The van der Waals surface area contributed by atoms with E-state index < -0.39 is 0 Å². The first-order valence-electron chi connectivity index (χ1n) is 8.13. The van der Waals surface area contributed by atoms with Gasteiger partial charge < -0.3 is 20.5 Å². The van der Waals surface area contributed by atoms with Crippen LogP contribution in [-0.2, 0) is 0 Å². The summed E-state index contributed by atoms with van der Waals surface area (Å²) in [6.45, 7) is 4.47. The second kappa shape index (κ2) is 7.35. The normalized spacial score (nSPS) is 11.1. The molecule has 2 heterocycles. The molecule has 132 valence electrons. The molecule has 0 atom stereocenters. The third-order valence-corrected chi connectivity index (χ3v) is 3.67. The highest BCUT2D eigenvalue weighted by molar-refractivity contribution is 5.89. The molecule has 0 amide bonds.